The number of H-pyrrole nitrogens is 1. The van der Waals surface area contributed by atoms with Gasteiger partial charge in [0.1, 0.15) is 11.6 Å². The van der Waals surface area contributed by atoms with E-state index in [2.05, 4.69) is 14.7 Å². The molecule has 0 saturated heterocycles. The van der Waals surface area contributed by atoms with Crippen LogP contribution in [0.4, 0.5) is 5.69 Å². The number of ether oxygens (including phenoxy) is 1. The smallest absolute Gasteiger partial charge is 0.261 e. The van der Waals surface area contributed by atoms with Gasteiger partial charge >= 0.3 is 0 Å². The van der Waals surface area contributed by atoms with E-state index in [-0.39, 0.29) is 4.90 Å². The van der Waals surface area contributed by atoms with E-state index >= 15 is 0 Å². The van der Waals surface area contributed by atoms with Crippen molar-refractivity contribution in [1.29, 1.82) is 0 Å². The van der Waals surface area contributed by atoms with Crippen molar-refractivity contribution in [1.82, 2.24) is 9.97 Å². The van der Waals surface area contributed by atoms with Gasteiger partial charge < -0.3 is 9.72 Å². The minimum Gasteiger partial charge on any atom is -0.496 e. The van der Waals surface area contributed by atoms with Gasteiger partial charge in [0.05, 0.1) is 12.0 Å². The highest BCUT2D eigenvalue weighted by Crippen LogP contribution is 2.24. The molecule has 124 valence electrons. The summed E-state index contributed by atoms with van der Waals surface area (Å²) in [6.07, 6.45) is 3.40. The number of sulfonamides is 1. The zero-order valence-electron chi connectivity index (χ0n) is 13.3. The van der Waals surface area contributed by atoms with Gasteiger partial charge in [-0.05, 0) is 55.0 Å². The Labute approximate surface area is 140 Å². The molecule has 3 rings (SSSR count). The molecule has 0 aliphatic rings. The number of hydrogen-bond donors (Lipinski definition) is 2. The molecule has 0 bridgehead atoms. The lowest BCUT2D eigenvalue weighted by Gasteiger charge is -2.11. The Balaban J connectivity index is 1.83. The fraction of sp³-hybridized carbons (Fsp3) is 0.118. The Morgan fingerprint density at radius 1 is 1.12 bits per heavy atom. The number of aromatic nitrogens is 2. The molecule has 0 radical (unpaired) electrons. The predicted octanol–water partition coefficient (Wildman–Crippen LogP) is 3.19. The first-order valence-electron chi connectivity index (χ1n) is 7.27. The maximum atomic E-state index is 12.5. The summed E-state index contributed by atoms with van der Waals surface area (Å²) in [5, 5.41) is 0. The second-order valence-electron chi connectivity index (χ2n) is 5.25. The van der Waals surface area contributed by atoms with Crippen LogP contribution in [-0.2, 0) is 10.0 Å². The summed E-state index contributed by atoms with van der Waals surface area (Å²) >= 11 is 0. The number of imidazole rings is 1. The lowest BCUT2D eigenvalue weighted by molar-refractivity contribution is 0.411. The number of methoxy groups -OCH3 is 1. The molecule has 0 amide bonds. The Morgan fingerprint density at radius 3 is 2.46 bits per heavy atom. The average molecular weight is 343 g/mol. The summed E-state index contributed by atoms with van der Waals surface area (Å²) in [4.78, 5) is 7.35. The Morgan fingerprint density at radius 2 is 1.88 bits per heavy atom. The molecule has 3 aromatic rings. The average Bonchev–Trinajstić information content (AvgIpc) is 3.09. The zero-order chi connectivity index (χ0) is 17.2. The van der Waals surface area contributed by atoms with Crippen LogP contribution in [0.5, 0.6) is 5.75 Å². The summed E-state index contributed by atoms with van der Waals surface area (Å²) in [6, 6.07) is 11.7. The highest BCUT2D eigenvalue weighted by Gasteiger charge is 2.15. The van der Waals surface area contributed by atoms with E-state index in [1.807, 2.05) is 0 Å². The van der Waals surface area contributed by atoms with Crippen LogP contribution < -0.4 is 9.46 Å². The maximum Gasteiger partial charge on any atom is 0.261 e. The van der Waals surface area contributed by atoms with Crippen molar-refractivity contribution < 1.29 is 13.2 Å². The minimum atomic E-state index is -3.66. The van der Waals surface area contributed by atoms with Gasteiger partial charge in [-0.3, -0.25) is 4.72 Å². The van der Waals surface area contributed by atoms with Gasteiger partial charge in [0.2, 0.25) is 0 Å². The molecule has 0 aliphatic carbocycles. The van der Waals surface area contributed by atoms with Crippen LogP contribution in [0, 0.1) is 6.92 Å². The van der Waals surface area contributed by atoms with Gasteiger partial charge in [0.15, 0.2) is 0 Å². The van der Waals surface area contributed by atoms with E-state index in [4.69, 9.17) is 4.74 Å². The number of rotatable bonds is 5. The third-order valence-corrected chi connectivity index (χ3v) is 4.96. The maximum absolute atomic E-state index is 12.5. The van der Waals surface area contributed by atoms with Crippen molar-refractivity contribution in [3.05, 3.63) is 60.4 Å². The number of nitrogens with one attached hydrogen (secondary N) is 2. The van der Waals surface area contributed by atoms with Crippen LogP contribution in [0.1, 0.15) is 5.56 Å². The number of benzene rings is 2. The quantitative estimate of drug-likeness (QED) is 0.745. The van der Waals surface area contributed by atoms with Crippen LogP contribution in [0.3, 0.4) is 0 Å². The number of aromatic amines is 1. The molecule has 0 atom stereocenters. The molecule has 0 aliphatic heterocycles. The molecule has 0 unspecified atom stereocenters. The van der Waals surface area contributed by atoms with Crippen LogP contribution in [0.2, 0.25) is 0 Å². The molecule has 2 N–H and O–H groups in total. The Hall–Kier alpha value is -2.80. The number of aryl methyl sites for hydroxylation is 1. The number of hydrogen-bond acceptors (Lipinski definition) is 4. The number of anilines is 1. The normalized spacial score (nSPS) is 11.2. The highest BCUT2D eigenvalue weighted by molar-refractivity contribution is 7.92. The largest absolute Gasteiger partial charge is 0.496 e. The monoisotopic (exact) mass is 343 g/mol. The van der Waals surface area contributed by atoms with Crippen LogP contribution in [0.15, 0.2) is 59.8 Å². The molecule has 7 heteroatoms. The molecule has 24 heavy (non-hydrogen) atoms. The van der Waals surface area contributed by atoms with Crippen molar-refractivity contribution in [2.45, 2.75) is 11.8 Å². The lowest BCUT2D eigenvalue weighted by Crippen LogP contribution is -2.13. The van der Waals surface area contributed by atoms with Crippen LogP contribution in [-0.4, -0.2) is 25.5 Å². The second-order valence-corrected chi connectivity index (χ2v) is 6.93. The van der Waals surface area contributed by atoms with E-state index in [1.54, 1.807) is 62.8 Å². The summed E-state index contributed by atoms with van der Waals surface area (Å²) < 4.78 is 32.7. The molecule has 0 spiro atoms. The summed E-state index contributed by atoms with van der Waals surface area (Å²) in [5.74, 6) is 1.38. The Kier molecular flexibility index (Phi) is 4.26. The molecular weight excluding hydrogens is 326 g/mol. The molecule has 6 nitrogen and oxygen atoms in total. The predicted molar refractivity (Wildman–Crippen MR) is 92.6 cm³/mol. The fourth-order valence-electron chi connectivity index (χ4n) is 2.35. The van der Waals surface area contributed by atoms with Crippen molar-refractivity contribution in [2.24, 2.45) is 0 Å². The third-order valence-electron chi connectivity index (χ3n) is 3.59. The molecular formula is C17H17N3O3S. The fourth-order valence-corrected chi connectivity index (χ4v) is 3.49. The number of nitrogens with zero attached hydrogens (tertiary/aromatic N) is 1. The summed E-state index contributed by atoms with van der Waals surface area (Å²) in [5.41, 5.74) is 2.12. The van der Waals surface area contributed by atoms with E-state index in [0.717, 1.165) is 17.0 Å². The van der Waals surface area contributed by atoms with Crippen molar-refractivity contribution in [3.8, 4) is 17.1 Å². The van der Waals surface area contributed by atoms with Crippen molar-refractivity contribution >= 4 is 15.7 Å². The molecule has 2 aromatic carbocycles. The van der Waals surface area contributed by atoms with Gasteiger partial charge in [-0.25, -0.2) is 13.4 Å². The van der Waals surface area contributed by atoms with Crippen molar-refractivity contribution in [2.75, 3.05) is 11.8 Å². The summed E-state index contributed by atoms with van der Waals surface area (Å²) in [6.45, 7) is 1.80. The lowest BCUT2D eigenvalue weighted by atomic mass is 10.2. The molecule has 1 aromatic heterocycles. The van der Waals surface area contributed by atoms with E-state index < -0.39 is 10.0 Å². The minimum absolute atomic E-state index is 0.191. The standard InChI is InChI=1S/C17H17N3O3S/c1-12-11-15(7-8-16(12)23-2)24(21,22)20-14-5-3-13(4-6-14)17-18-9-10-19-17/h3-11,20H,1-2H3,(H,18,19). The molecule has 0 fully saturated rings. The first-order valence-corrected chi connectivity index (χ1v) is 8.75. The SMILES string of the molecule is COc1ccc(S(=O)(=O)Nc2ccc(-c3ncc[nH]3)cc2)cc1C. The Bertz CT molecular complexity index is 934. The molecule has 1 heterocycles. The van der Waals surface area contributed by atoms with Crippen LogP contribution in [0.25, 0.3) is 11.4 Å². The van der Waals surface area contributed by atoms with Crippen molar-refractivity contribution in [3.63, 3.8) is 0 Å². The van der Waals surface area contributed by atoms with Gasteiger partial charge in [0, 0.05) is 23.6 Å². The van der Waals surface area contributed by atoms with Gasteiger partial charge in [-0.15, -0.1) is 0 Å². The first kappa shape index (κ1) is 16.1. The molecule has 0 saturated carbocycles. The highest BCUT2D eigenvalue weighted by atomic mass is 32.2. The summed E-state index contributed by atoms with van der Waals surface area (Å²) in [7, 11) is -2.11. The topological polar surface area (TPSA) is 84.1 Å². The second kappa shape index (κ2) is 6.37. The first-order chi connectivity index (χ1) is 11.5. The third kappa shape index (κ3) is 3.26. The van der Waals surface area contributed by atoms with Gasteiger partial charge in [-0.2, -0.15) is 0 Å². The van der Waals surface area contributed by atoms with Gasteiger partial charge in [-0.1, -0.05) is 0 Å². The van der Waals surface area contributed by atoms with E-state index in [1.165, 1.54) is 6.07 Å². The van der Waals surface area contributed by atoms with Crippen LogP contribution >= 0.6 is 0 Å². The van der Waals surface area contributed by atoms with E-state index in [9.17, 15) is 8.42 Å². The van der Waals surface area contributed by atoms with Gasteiger partial charge in [0.25, 0.3) is 10.0 Å². The zero-order valence-corrected chi connectivity index (χ0v) is 14.1. The van der Waals surface area contributed by atoms with E-state index in [0.29, 0.717) is 11.4 Å².